The number of anilines is 1. The van der Waals surface area contributed by atoms with Crippen LogP contribution in [0.3, 0.4) is 0 Å². The molecule has 0 bridgehead atoms. The number of nitrogens with two attached hydrogens (primary N) is 1. The summed E-state index contributed by atoms with van der Waals surface area (Å²) >= 11 is 7.68. The summed E-state index contributed by atoms with van der Waals surface area (Å²) in [5, 5.41) is 0.611. The Morgan fingerprint density at radius 2 is 1.71 bits per heavy atom. The molecule has 0 radical (unpaired) electrons. The van der Waals surface area contributed by atoms with Gasteiger partial charge in [0, 0.05) is 9.79 Å². The van der Waals surface area contributed by atoms with Crippen molar-refractivity contribution in [1.29, 1.82) is 0 Å². The van der Waals surface area contributed by atoms with Crippen molar-refractivity contribution in [2.24, 2.45) is 0 Å². The normalized spacial score (nSPS) is 10.5. The molecular weight excluding hydrogens is 250 g/mol. The fourth-order valence-electron chi connectivity index (χ4n) is 1.50. The van der Waals surface area contributed by atoms with Crippen molar-refractivity contribution < 1.29 is 0 Å². The monoisotopic (exact) mass is 263 g/mol. The van der Waals surface area contributed by atoms with Crippen LogP contribution < -0.4 is 5.73 Å². The maximum absolute atomic E-state index is 5.99. The first-order valence-corrected chi connectivity index (χ1v) is 6.70. The Kier molecular flexibility index (Phi) is 3.97. The van der Waals surface area contributed by atoms with E-state index < -0.39 is 0 Å². The molecule has 2 N–H and O–H groups in total. The lowest BCUT2D eigenvalue weighted by Gasteiger charge is -2.04. The lowest BCUT2D eigenvalue weighted by molar-refractivity contribution is 1.13. The highest BCUT2D eigenvalue weighted by molar-refractivity contribution is 7.99. The molecule has 2 aromatic carbocycles. The molecule has 0 saturated heterocycles. The highest BCUT2D eigenvalue weighted by Crippen LogP contribution is 2.31. The third-order valence-corrected chi connectivity index (χ3v) is 3.86. The predicted octanol–water partition coefficient (Wildman–Crippen LogP) is 4.64. The van der Waals surface area contributed by atoms with E-state index in [0.29, 0.717) is 10.7 Å². The molecule has 0 aliphatic carbocycles. The summed E-state index contributed by atoms with van der Waals surface area (Å²) in [6, 6.07) is 14.3. The fraction of sp³-hybridized carbons (Fsp3) is 0.143. The van der Waals surface area contributed by atoms with Crippen LogP contribution in [-0.4, -0.2) is 0 Å². The molecule has 0 unspecified atom stereocenters. The van der Waals surface area contributed by atoms with E-state index in [0.717, 1.165) is 11.3 Å². The molecule has 0 amide bonds. The summed E-state index contributed by atoms with van der Waals surface area (Å²) in [5.41, 5.74) is 7.65. The van der Waals surface area contributed by atoms with E-state index in [-0.39, 0.29) is 0 Å². The average Bonchev–Trinajstić information content (AvgIpc) is 2.35. The highest BCUT2D eigenvalue weighted by atomic mass is 35.5. The molecule has 0 aliphatic heterocycles. The summed E-state index contributed by atoms with van der Waals surface area (Å²) in [7, 11) is 0. The van der Waals surface area contributed by atoms with Crippen LogP contribution in [0, 0.1) is 0 Å². The third kappa shape index (κ3) is 3.18. The van der Waals surface area contributed by atoms with E-state index >= 15 is 0 Å². The van der Waals surface area contributed by atoms with Gasteiger partial charge in [-0.25, -0.2) is 0 Å². The molecule has 0 fully saturated rings. The molecular formula is C14H14ClNS. The van der Waals surface area contributed by atoms with Crippen LogP contribution in [0.4, 0.5) is 5.69 Å². The number of aryl methyl sites for hydroxylation is 1. The van der Waals surface area contributed by atoms with Gasteiger partial charge in [0.25, 0.3) is 0 Å². The number of halogens is 1. The van der Waals surface area contributed by atoms with Crippen LogP contribution in [0.2, 0.25) is 5.02 Å². The molecule has 2 aromatic rings. The van der Waals surface area contributed by atoms with Crippen molar-refractivity contribution in [2.75, 3.05) is 5.73 Å². The predicted molar refractivity (Wildman–Crippen MR) is 75.8 cm³/mol. The van der Waals surface area contributed by atoms with Crippen molar-refractivity contribution in [3.63, 3.8) is 0 Å². The Balaban J connectivity index is 2.16. The number of benzene rings is 2. The summed E-state index contributed by atoms with van der Waals surface area (Å²) < 4.78 is 0. The van der Waals surface area contributed by atoms with Gasteiger partial charge in [0.2, 0.25) is 0 Å². The largest absolute Gasteiger partial charge is 0.398 e. The summed E-state index contributed by atoms with van der Waals surface area (Å²) in [6.45, 7) is 2.15. The smallest absolute Gasteiger partial charge is 0.0646 e. The average molecular weight is 264 g/mol. The lowest BCUT2D eigenvalue weighted by atomic mass is 10.2. The van der Waals surface area contributed by atoms with Gasteiger partial charge in [-0.2, -0.15) is 0 Å². The first kappa shape index (κ1) is 12.3. The molecule has 0 aliphatic rings. The minimum Gasteiger partial charge on any atom is -0.398 e. The van der Waals surface area contributed by atoms with Gasteiger partial charge in [0.15, 0.2) is 0 Å². The quantitative estimate of drug-likeness (QED) is 0.817. The zero-order valence-electron chi connectivity index (χ0n) is 9.61. The van der Waals surface area contributed by atoms with Crippen molar-refractivity contribution in [1.82, 2.24) is 0 Å². The van der Waals surface area contributed by atoms with Gasteiger partial charge in [-0.1, -0.05) is 42.4 Å². The van der Waals surface area contributed by atoms with Gasteiger partial charge in [-0.15, -0.1) is 0 Å². The first-order valence-electron chi connectivity index (χ1n) is 5.51. The third-order valence-electron chi connectivity index (χ3n) is 2.54. The van der Waals surface area contributed by atoms with E-state index in [1.54, 1.807) is 11.8 Å². The van der Waals surface area contributed by atoms with Crippen LogP contribution in [0.5, 0.6) is 0 Å². The molecule has 0 saturated carbocycles. The van der Waals surface area contributed by atoms with Gasteiger partial charge in [0.05, 0.1) is 10.7 Å². The van der Waals surface area contributed by atoms with Crippen molar-refractivity contribution in [2.45, 2.75) is 23.1 Å². The Hall–Kier alpha value is -1.12. The number of hydrogen-bond acceptors (Lipinski definition) is 2. The van der Waals surface area contributed by atoms with Crippen LogP contribution in [-0.2, 0) is 6.42 Å². The first-order chi connectivity index (χ1) is 8.19. The standard InChI is InChI=1S/C14H14ClNS/c1-2-10-3-5-11(6-4-10)17-12-7-8-14(16)13(15)9-12/h3-9H,2,16H2,1H3. The van der Waals surface area contributed by atoms with Crippen molar-refractivity contribution >= 4 is 29.1 Å². The van der Waals surface area contributed by atoms with E-state index in [2.05, 4.69) is 31.2 Å². The summed E-state index contributed by atoms with van der Waals surface area (Å²) in [6.07, 6.45) is 1.07. The fourth-order valence-corrected chi connectivity index (χ4v) is 2.60. The molecule has 17 heavy (non-hydrogen) atoms. The molecule has 0 atom stereocenters. The summed E-state index contributed by atoms with van der Waals surface area (Å²) in [5.74, 6) is 0. The zero-order chi connectivity index (χ0) is 12.3. The molecule has 0 spiro atoms. The van der Waals surface area contributed by atoms with E-state index in [1.807, 2.05) is 18.2 Å². The molecule has 1 nitrogen and oxygen atoms in total. The summed E-state index contributed by atoms with van der Waals surface area (Å²) in [4.78, 5) is 2.32. The van der Waals surface area contributed by atoms with Crippen molar-refractivity contribution in [3.8, 4) is 0 Å². The Labute approximate surface area is 111 Å². The Morgan fingerprint density at radius 1 is 1.06 bits per heavy atom. The molecule has 0 heterocycles. The minimum atomic E-state index is 0.611. The molecule has 3 heteroatoms. The van der Waals surface area contributed by atoms with Crippen LogP contribution >= 0.6 is 23.4 Å². The molecule has 88 valence electrons. The Morgan fingerprint density at radius 3 is 2.29 bits per heavy atom. The van der Waals surface area contributed by atoms with Crippen LogP contribution in [0.15, 0.2) is 52.3 Å². The maximum atomic E-state index is 5.99. The van der Waals surface area contributed by atoms with Crippen LogP contribution in [0.25, 0.3) is 0 Å². The zero-order valence-corrected chi connectivity index (χ0v) is 11.2. The van der Waals surface area contributed by atoms with Gasteiger partial charge < -0.3 is 5.73 Å². The van der Waals surface area contributed by atoms with Gasteiger partial charge in [-0.05, 0) is 42.3 Å². The maximum Gasteiger partial charge on any atom is 0.0646 e. The molecule has 2 rings (SSSR count). The number of nitrogen functional groups attached to an aromatic ring is 1. The van der Waals surface area contributed by atoms with Gasteiger partial charge in [0.1, 0.15) is 0 Å². The minimum absolute atomic E-state index is 0.611. The Bertz CT molecular complexity index is 508. The second-order valence-electron chi connectivity index (χ2n) is 3.78. The lowest BCUT2D eigenvalue weighted by Crippen LogP contribution is -1.85. The highest BCUT2D eigenvalue weighted by Gasteiger charge is 2.01. The van der Waals surface area contributed by atoms with Gasteiger partial charge >= 0.3 is 0 Å². The van der Waals surface area contributed by atoms with E-state index in [1.165, 1.54) is 10.5 Å². The molecule has 0 aromatic heterocycles. The SMILES string of the molecule is CCc1ccc(Sc2ccc(N)c(Cl)c2)cc1. The second kappa shape index (κ2) is 5.48. The number of hydrogen-bond donors (Lipinski definition) is 1. The topological polar surface area (TPSA) is 26.0 Å². The number of rotatable bonds is 3. The van der Waals surface area contributed by atoms with Gasteiger partial charge in [-0.3, -0.25) is 0 Å². The second-order valence-corrected chi connectivity index (χ2v) is 5.34. The van der Waals surface area contributed by atoms with Crippen molar-refractivity contribution in [3.05, 3.63) is 53.1 Å². The van der Waals surface area contributed by atoms with E-state index in [9.17, 15) is 0 Å². The van der Waals surface area contributed by atoms with Crippen LogP contribution in [0.1, 0.15) is 12.5 Å². The van der Waals surface area contributed by atoms with E-state index in [4.69, 9.17) is 17.3 Å².